The minimum atomic E-state index is -0.267. The zero-order valence-corrected chi connectivity index (χ0v) is 9.17. The average molecular weight is 230 g/mol. The molecule has 0 aromatic heterocycles. The average Bonchev–Trinajstić information content (AvgIpc) is 2.74. The fourth-order valence-corrected chi connectivity index (χ4v) is 2.09. The molecule has 0 aromatic rings. The van der Waals surface area contributed by atoms with E-state index in [-0.39, 0.29) is 30.6 Å². The number of nitrogens with zero attached hydrogens (tertiary/aromatic N) is 1. The zero-order valence-electron chi connectivity index (χ0n) is 9.17. The van der Waals surface area contributed by atoms with Crippen molar-refractivity contribution < 1.29 is 19.4 Å². The summed E-state index contributed by atoms with van der Waals surface area (Å²) < 4.78 is 10.5. The standard InChI is InChI=1S/C10H18N2O4/c11-9-6-15-5-8(9)10(14)12-1-2-16-7(3-12)4-13/h7-9,13H,1-6,11H2. The molecule has 0 bridgehead atoms. The predicted octanol–water partition coefficient (Wildman–Crippen LogP) is -1.82. The first-order chi connectivity index (χ1) is 7.72. The van der Waals surface area contributed by atoms with Crippen molar-refractivity contribution in [3.8, 4) is 0 Å². The highest BCUT2D eigenvalue weighted by Gasteiger charge is 2.36. The SMILES string of the molecule is NC1COCC1C(=O)N1CCOC(CO)C1. The molecule has 2 aliphatic rings. The fourth-order valence-electron chi connectivity index (χ4n) is 2.09. The Balaban J connectivity index is 1.93. The Bertz CT molecular complexity index is 261. The summed E-state index contributed by atoms with van der Waals surface area (Å²) in [6, 6.07) is -0.206. The molecule has 6 heteroatoms. The van der Waals surface area contributed by atoms with Crippen LogP contribution in [0.15, 0.2) is 0 Å². The number of hydrogen-bond acceptors (Lipinski definition) is 5. The summed E-state index contributed by atoms with van der Waals surface area (Å²) in [4.78, 5) is 13.8. The van der Waals surface area contributed by atoms with Crippen LogP contribution in [-0.4, -0.2) is 67.6 Å². The van der Waals surface area contributed by atoms with Crippen LogP contribution in [0.3, 0.4) is 0 Å². The lowest BCUT2D eigenvalue weighted by atomic mass is 10.0. The van der Waals surface area contributed by atoms with E-state index in [1.807, 2.05) is 0 Å². The van der Waals surface area contributed by atoms with Gasteiger partial charge in [0.15, 0.2) is 0 Å². The number of morpholine rings is 1. The molecule has 1 amide bonds. The van der Waals surface area contributed by atoms with Crippen LogP contribution in [0.25, 0.3) is 0 Å². The number of hydrogen-bond donors (Lipinski definition) is 2. The van der Waals surface area contributed by atoms with Crippen molar-refractivity contribution in [3.63, 3.8) is 0 Å². The highest BCUT2D eigenvalue weighted by atomic mass is 16.5. The smallest absolute Gasteiger partial charge is 0.229 e. The van der Waals surface area contributed by atoms with Gasteiger partial charge in [-0.05, 0) is 0 Å². The molecule has 0 radical (unpaired) electrons. The summed E-state index contributed by atoms with van der Waals surface area (Å²) in [6.07, 6.45) is -0.267. The lowest BCUT2D eigenvalue weighted by molar-refractivity contribution is -0.144. The summed E-state index contributed by atoms with van der Waals surface area (Å²) in [5.41, 5.74) is 5.80. The van der Waals surface area contributed by atoms with Gasteiger partial charge >= 0.3 is 0 Å². The van der Waals surface area contributed by atoms with Gasteiger partial charge in [0, 0.05) is 19.1 Å². The maximum Gasteiger partial charge on any atom is 0.229 e. The monoisotopic (exact) mass is 230 g/mol. The minimum absolute atomic E-state index is 0.0201. The fraction of sp³-hybridized carbons (Fsp3) is 0.900. The second kappa shape index (κ2) is 5.09. The molecule has 16 heavy (non-hydrogen) atoms. The van der Waals surface area contributed by atoms with Gasteiger partial charge in [0.25, 0.3) is 0 Å². The van der Waals surface area contributed by atoms with E-state index in [1.165, 1.54) is 0 Å². The lowest BCUT2D eigenvalue weighted by Crippen LogP contribution is -2.51. The molecule has 2 heterocycles. The number of amides is 1. The summed E-state index contributed by atoms with van der Waals surface area (Å²) in [6.45, 7) is 2.28. The van der Waals surface area contributed by atoms with Gasteiger partial charge in [-0.2, -0.15) is 0 Å². The molecule has 0 spiro atoms. The van der Waals surface area contributed by atoms with Crippen LogP contribution in [0.2, 0.25) is 0 Å². The molecule has 0 saturated carbocycles. The molecule has 92 valence electrons. The van der Waals surface area contributed by atoms with Gasteiger partial charge in [0.1, 0.15) is 0 Å². The van der Waals surface area contributed by atoms with E-state index in [0.717, 1.165) is 0 Å². The number of aliphatic hydroxyl groups is 1. The van der Waals surface area contributed by atoms with E-state index in [2.05, 4.69) is 0 Å². The van der Waals surface area contributed by atoms with Crippen LogP contribution in [-0.2, 0) is 14.3 Å². The molecule has 0 aromatic carbocycles. The topological polar surface area (TPSA) is 85.0 Å². The summed E-state index contributed by atoms with van der Waals surface area (Å²) in [7, 11) is 0. The van der Waals surface area contributed by atoms with E-state index < -0.39 is 0 Å². The molecule has 2 fully saturated rings. The molecular formula is C10H18N2O4. The third-order valence-electron chi connectivity index (χ3n) is 3.10. The van der Waals surface area contributed by atoms with Gasteiger partial charge in [-0.25, -0.2) is 0 Å². The van der Waals surface area contributed by atoms with Crippen molar-refractivity contribution in [2.75, 3.05) is 39.5 Å². The molecule has 3 N–H and O–H groups in total. The maximum absolute atomic E-state index is 12.1. The second-order valence-corrected chi connectivity index (χ2v) is 4.27. The Morgan fingerprint density at radius 3 is 2.94 bits per heavy atom. The molecule has 3 unspecified atom stereocenters. The third-order valence-corrected chi connectivity index (χ3v) is 3.10. The Kier molecular flexibility index (Phi) is 3.75. The maximum atomic E-state index is 12.1. The molecule has 2 saturated heterocycles. The van der Waals surface area contributed by atoms with E-state index in [1.54, 1.807) is 4.90 Å². The number of ether oxygens (including phenoxy) is 2. The first-order valence-corrected chi connectivity index (χ1v) is 5.57. The van der Waals surface area contributed by atoms with Crippen molar-refractivity contribution in [1.82, 2.24) is 4.90 Å². The van der Waals surface area contributed by atoms with Crippen LogP contribution in [0.1, 0.15) is 0 Å². The van der Waals surface area contributed by atoms with Crippen LogP contribution >= 0.6 is 0 Å². The Morgan fingerprint density at radius 1 is 1.50 bits per heavy atom. The Labute approximate surface area is 94.3 Å². The highest BCUT2D eigenvalue weighted by molar-refractivity contribution is 5.80. The number of carbonyl (C=O) groups is 1. The van der Waals surface area contributed by atoms with Gasteiger partial charge in [-0.3, -0.25) is 4.79 Å². The number of carbonyl (C=O) groups excluding carboxylic acids is 1. The Morgan fingerprint density at radius 2 is 2.31 bits per heavy atom. The van der Waals surface area contributed by atoms with Gasteiger partial charge in [0.05, 0.1) is 38.4 Å². The summed E-state index contributed by atoms with van der Waals surface area (Å²) in [5, 5.41) is 9.00. The zero-order chi connectivity index (χ0) is 11.5. The van der Waals surface area contributed by atoms with Crippen LogP contribution in [0.5, 0.6) is 0 Å². The largest absolute Gasteiger partial charge is 0.394 e. The van der Waals surface area contributed by atoms with Crippen molar-refractivity contribution in [1.29, 1.82) is 0 Å². The van der Waals surface area contributed by atoms with Gasteiger partial charge in [-0.15, -0.1) is 0 Å². The van der Waals surface area contributed by atoms with Crippen LogP contribution in [0.4, 0.5) is 0 Å². The van der Waals surface area contributed by atoms with Crippen LogP contribution in [0, 0.1) is 5.92 Å². The quantitative estimate of drug-likeness (QED) is 0.583. The number of aliphatic hydroxyl groups excluding tert-OH is 1. The van der Waals surface area contributed by atoms with E-state index in [4.69, 9.17) is 20.3 Å². The summed E-state index contributed by atoms with van der Waals surface area (Å²) in [5.74, 6) is -0.218. The van der Waals surface area contributed by atoms with Crippen molar-refractivity contribution in [2.24, 2.45) is 11.7 Å². The highest BCUT2D eigenvalue weighted by Crippen LogP contribution is 2.17. The van der Waals surface area contributed by atoms with Gasteiger partial charge < -0.3 is 25.2 Å². The lowest BCUT2D eigenvalue weighted by Gasteiger charge is -2.34. The molecule has 2 aliphatic heterocycles. The predicted molar refractivity (Wildman–Crippen MR) is 55.7 cm³/mol. The normalized spacial score (nSPS) is 35.4. The van der Waals surface area contributed by atoms with Gasteiger partial charge in [-0.1, -0.05) is 0 Å². The molecule has 6 nitrogen and oxygen atoms in total. The minimum Gasteiger partial charge on any atom is -0.394 e. The number of nitrogens with two attached hydrogens (primary N) is 1. The number of rotatable bonds is 2. The van der Waals surface area contributed by atoms with Crippen LogP contribution < -0.4 is 5.73 Å². The molecular weight excluding hydrogens is 212 g/mol. The molecule has 2 rings (SSSR count). The summed E-state index contributed by atoms with van der Waals surface area (Å²) >= 11 is 0. The van der Waals surface area contributed by atoms with Crippen molar-refractivity contribution >= 4 is 5.91 Å². The molecule has 0 aliphatic carbocycles. The first kappa shape index (κ1) is 11.8. The van der Waals surface area contributed by atoms with Gasteiger partial charge in [0.2, 0.25) is 5.91 Å². The van der Waals surface area contributed by atoms with Crippen molar-refractivity contribution in [2.45, 2.75) is 12.1 Å². The third kappa shape index (κ3) is 2.35. The molecule has 3 atom stereocenters. The first-order valence-electron chi connectivity index (χ1n) is 5.57. The van der Waals surface area contributed by atoms with E-state index in [9.17, 15) is 4.79 Å². The van der Waals surface area contributed by atoms with E-state index in [0.29, 0.717) is 32.9 Å². The Hall–Kier alpha value is -0.690. The second-order valence-electron chi connectivity index (χ2n) is 4.27. The van der Waals surface area contributed by atoms with Crippen molar-refractivity contribution in [3.05, 3.63) is 0 Å². The van der Waals surface area contributed by atoms with E-state index >= 15 is 0 Å².